The molecule has 2 amide bonds. The van der Waals surface area contributed by atoms with Crippen molar-refractivity contribution < 1.29 is 22.8 Å². The standard InChI is InChI=1S/C55H61F3N16O2/c1-32-19-46(55(58)17-15-40(16-18-55)54(76)64-36(5)42-12-14-51(60-26-42)74-31-44(57)28-62-74)71(6)52(20-32)67-49-22-34(3)72(70-49)29-37-23-45(65-47(24-37)66-48-21-33(2)68-69-48)38-7-9-39(10-8-38)53(75)63-35(4)41-11-13-50(59-25-41)73-30-43(56)27-61-73/h7,11-14,19-28,30-31,35-36,39-40,46H,8-10,15-18,29H2,1-6H3,(H,63,75)(H,64,76)(H,67,70)(H2,65,66,68,69)/t35-,36-,39?,40-,46?,55-/m0/s1. The number of aromatic amines is 1. The van der Waals surface area contributed by atoms with Crippen molar-refractivity contribution >= 4 is 34.8 Å². The number of allylic oxidation sites excluding steroid dienone is 4. The highest BCUT2D eigenvalue weighted by atomic mass is 19.1. The van der Waals surface area contributed by atoms with Gasteiger partial charge < -0.3 is 26.2 Å². The topological polar surface area (TPSA) is 206 Å². The predicted molar refractivity (Wildman–Crippen MR) is 281 cm³/mol. The van der Waals surface area contributed by atoms with E-state index in [-0.39, 0.29) is 48.6 Å². The first kappa shape index (κ1) is 51.1. The minimum absolute atomic E-state index is 0.0413. The van der Waals surface area contributed by atoms with Gasteiger partial charge in [-0.25, -0.2) is 37.5 Å². The number of pyridine rings is 3. The molecule has 2 aliphatic carbocycles. The Morgan fingerprint density at radius 1 is 0.789 bits per heavy atom. The van der Waals surface area contributed by atoms with E-state index in [0.717, 1.165) is 57.3 Å². The number of H-pyrrole nitrogens is 1. The van der Waals surface area contributed by atoms with Crippen molar-refractivity contribution in [3.8, 4) is 11.6 Å². The molecule has 4 atom stereocenters. The van der Waals surface area contributed by atoms with Gasteiger partial charge in [0.15, 0.2) is 34.9 Å². The zero-order chi connectivity index (χ0) is 53.3. The number of alkyl halides is 1. The van der Waals surface area contributed by atoms with E-state index < -0.39 is 23.3 Å². The second-order valence-corrected chi connectivity index (χ2v) is 20.3. The van der Waals surface area contributed by atoms with Gasteiger partial charge in [-0.2, -0.15) is 20.4 Å². The number of carbonyl (C=O) groups excluding carboxylic acids is 2. The molecule has 2 unspecified atom stereocenters. The van der Waals surface area contributed by atoms with Crippen LogP contribution in [0.25, 0.3) is 17.2 Å². The van der Waals surface area contributed by atoms with Gasteiger partial charge in [-0.15, -0.1) is 0 Å². The molecule has 0 saturated heterocycles. The molecule has 0 aromatic carbocycles. The number of halogens is 3. The van der Waals surface area contributed by atoms with Crippen molar-refractivity contribution in [3.63, 3.8) is 0 Å². The molecule has 0 bridgehead atoms. The van der Waals surface area contributed by atoms with Crippen LogP contribution in [-0.2, 0) is 16.1 Å². The Bertz CT molecular complexity index is 3330. The molecular formula is C55H61F3N16O2. The predicted octanol–water partition coefficient (Wildman–Crippen LogP) is 9.20. The summed E-state index contributed by atoms with van der Waals surface area (Å²) in [4.78, 5) is 42.8. The molecule has 7 aromatic heterocycles. The second-order valence-electron chi connectivity index (χ2n) is 20.3. The van der Waals surface area contributed by atoms with Gasteiger partial charge in [-0.1, -0.05) is 24.3 Å². The van der Waals surface area contributed by atoms with E-state index >= 15 is 4.39 Å². The average Bonchev–Trinajstić information content (AvgIpc) is 4.24. The second kappa shape index (κ2) is 21.5. The van der Waals surface area contributed by atoms with Gasteiger partial charge in [0.2, 0.25) is 11.8 Å². The highest BCUT2D eigenvalue weighted by molar-refractivity contribution is 5.81. The molecule has 7 aromatic rings. The largest absolute Gasteiger partial charge is 0.351 e. The fraction of sp³-hybridized carbons (Fsp3) is 0.364. The maximum atomic E-state index is 17.2. The molecule has 10 rings (SSSR count). The highest BCUT2D eigenvalue weighted by Gasteiger charge is 2.46. The number of hydrogen-bond acceptors (Lipinski definition) is 12. The summed E-state index contributed by atoms with van der Waals surface area (Å²) in [7, 11) is 1.89. The molecule has 8 heterocycles. The van der Waals surface area contributed by atoms with Crippen LogP contribution in [0.1, 0.15) is 112 Å². The molecule has 1 fully saturated rings. The van der Waals surface area contributed by atoms with Crippen LogP contribution in [0.4, 0.5) is 30.6 Å². The van der Waals surface area contributed by atoms with Gasteiger partial charge in [-0.3, -0.25) is 19.4 Å². The van der Waals surface area contributed by atoms with Gasteiger partial charge >= 0.3 is 0 Å². The molecule has 0 radical (unpaired) electrons. The number of nitrogens with one attached hydrogen (secondary N) is 5. The maximum Gasteiger partial charge on any atom is 0.223 e. The molecule has 76 heavy (non-hydrogen) atoms. The van der Waals surface area contributed by atoms with Gasteiger partial charge in [0.25, 0.3) is 0 Å². The van der Waals surface area contributed by atoms with Gasteiger partial charge in [0, 0.05) is 54.8 Å². The van der Waals surface area contributed by atoms with E-state index in [2.05, 4.69) is 63.8 Å². The third kappa shape index (κ3) is 11.5. The van der Waals surface area contributed by atoms with E-state index in [1.165, 1.54) is 21.8 Å². The van der Waals surface area contributed by atoms with Gasteiger partial charge in [0.05, 0.1) is 55.2 Å². The summed E-state index contributed by atoms with van der Waals surface area (Å²) in [6, 6.07) is 13.9. The smallest absolute Gasteiger partial charge is 0.223 e. The summed E-state index contributed by atoms with van der Waals surface area (Å²) in [5, 5.41) is 33.3. The molecule has 394 valence electrons. The summed E-state index contributed by atoms with van der Waals surface area (Å²) < 4.78 is 48.8. The summed E-state index contributed by atoms with van der Waals surface area (Å²) in [5.74, 6) is 1.89. The fourth-order valence-electron chi connectivity index (χ4n) is 10.3. The Balaban J connectivity index is 0.766. The molecule has 0 spiro atoms. The number of aryl methyl sites for hydroxylation is 2. The van der Waals surface area contributed by atoms with Crippen molar-refractivity contribution in [2.45, 2.75) is 110 Å². The zero-order valence-corrected chi connectivity index (χ0v) is 43.2. The third-order valence-corrected chi connectivity index (χ3v) is 14.7. The number of aromatic nitrogens is 11. The van der Waals surface area contributed by atoms with Crippen molar-refractivity contribution in [1.29, 1.82) is 0 Å². The van der Waals surface area contributed by atoms with Crippen molar-refractivity contribution in [2.75, 3.05) is 17.7 Å². The summed E-state index contributed by atoms with van der Waals surface area (Å²) in [5.41, 5.74) is 5.56. The summed E-state index contributed by atoms with van der Waals surface area (Å²) in [6.45, 7) is 10.1. The number of rotatable bonds is 16. The molecular weight excluding hydrogens is 974 g/mol. The average molecular weight is 1040 g/mol. The first-order valence-corrected chi connectivity index (χ1v) is 25.6. The molecule has 1 aliphatic heterocycles. The van der Waals surface area contributed by atoms with Crippen LogP contribution in [0.5, 0.6) is 0 Å². The number of nitrogens with zero attached hydrogens (tertiary/aromatic N) is 11. The van der Waals surface area contributed by atoms with Crippen LogP contribution in [0.2, 0.25) is 0 Å². The highest BCUT2D eigenvalue weighted by Crippen LogP contribution is 2.42. The van der Waals surface area contributed by atoms with Crippen molar-refractivity contribution in [2.24, 2.45) is 11.8 Å². The normalized spacial score (nSPS) is 20.5. The first-order chi connectivity index (χ1) is 36.5. The van der Waals surface area contributed by atoms with Crippen LogP contribution in [0, 0.1) is 37.3 Å². The minimum Gasteiger partial charge on any atom is -0.351 e. The molecule has 21 heteroatoms. The van der Waals surface area contributed by atoms with E-state index in [9.17, 15) is 18.4 Å². The van der Waals surface area contributed by atoms with E-state index in [1.54, 1.807) is 24.5 Å². The third-order valence-electron chi connectivity index (χ3n) is 14.7. The lowest BCUT2D eigenvalue weighted by atomic mass is 9.74. The Kier molecular flexibility index (Phi) is 14.4. The van der Waals surface area contributed by atoms with E-state index in [4.69, 9.17) is 10.1 Å². The van der Waals surface area contributed by atoms with Crippen LogP contribution in [0.15, 0.2) is 115 Å². The monoisotopic (exact) mass is 1030 g/mol. The minimum atomic E-state index is -1.57. The van der Waals surface area contributed by atoms with Crippen LogP contribution in [-0.4, -0.2) is 90.0 Å². The lowest BCUT2D eigenvalue weighted by molar-refractivity contribution is -0.128. The Morgan fingerprint density at radius 3 is 1.99 bits per heavy atom. The Labute approximate surface area is 438 Å². The van der Waals surface area contributed by atoms with Crippen LogP contribution < -0.4 is 21.3 Å². The lowest BCUT2D eigenvalue weighted by Crippen LogP contribution is -2.52. The quantitative estimate of drug-likeness (QED) is 0.0614. The SMILES string of the molecule is CC1=CC([C@]2(F)CC[C@H](C(=O)N[C@@H](C)c3ccc(-n4cc(F)cn4)nc3)CC2)N(C)C(Nc2cc(C)n(Cc3cc(Nc4cc(C)[nH]n4)nc(C4=CCC(C(=O)N[C@@H](C)c5ccc(-n6cc(F)cn6)nc5)CC4)c3)n2)=C1. The van der Waals surface area contributed by atoms with Crippen LogP contribution >= 0.6 is 0 Å². The molecule has 18 nitrogen and oxygen atoms in total. The number of likely N-dealkylation sites (N-methyl/N-ethyl adjacent to an activating group) is 1. The lowest BCUT2D eigenvalue weighted by Gasteiger charge is -2.45. The summed E-state index contributed by atoms with van der Waals surface area (Å²) in [6.07, 6.45) is 17.2. The summed E-state index contributed by atoms with van der Waals surface area (Å²) >= 11 is 0. The number of hydrogen-bond donors (Lipinski definition) is 5. The first-order valence-electron chi connectivity index (χ1n) is 25.6. The van der Waals surface area contributed by atoms with Crippen LogP contribution in [0.3, 0.4) is 0 Å². The van der Waals surface area contributed by atoms with E-state index in [1.807, 2.05) is 93.7 Å². The van der Waals surface area contributed by atoms with E-state index in [0.29, 0.717) is 73.6 Å². The number of anilines is 3. The molecule has 3 aliphatic rings. The van der Waals surface area contributed by atoms with Gasteiger partial charge in [-0.05, 0) is 138 Å². The van der Waals surface area contributed by atoms with Crippen molar-refractivity contribution in [1.82, 2.24) is 70.0 Å². The molecule has 5 N–H and O–H groups in total. The zero-order valence-electron chi connectivity index (χ0n) is 43.2. The Morgan fingerprint density at radius 2 is 1.43 bits per heavy atom. The number of carbonyl (C=O) groups is 2. The van der Waals surface area contributed by atoms with Crippen molar-refractivity contribution in [3.05, 3.63) is 161 Å². The van der Waals surface area contributed by atoms with Gasteiger partial charge in [0.1, 0.15) is 17.3 Å². The Hall–Kier alpha value is -8.36. The number of amides is 2. The molecule has 1 saturated carbocycles. The fourth-order valence-corrected chi connectivity index (χ4v) is 10.3. The maximum absolute atomic E-state index is 17.2.